The van der Waals surface area contributed by atoms with Gasteiger partial charge in [-0.3, -0.25) is 9.59 Å². The molecule has 2 unspecified atom stereocenters. The van der Waals surface area contributed by atoms with Gasteiger partial charge < -0.3 is 20.3 Å². The third kappa shape index (κ3) is 51.6. The fourth-order valence-corrected chi connectivity index (χ4v) is 9.04. The molecule has 384 valence electrons. The maximum Gasteiger partial charge on any atom is 0.305 e. The van der Waals surface area contributed by atoms with E-state index in [1.165, 1.54) is 225 Å². The number of aliphatic hydroxyl groups is 2. The SMILES string of the molecule is CCCCCCCCCCCCCCCCCCCCCCC(O)C(CO)NC(=O)CC/C=C\C/C=C\CCCCCCCCOC(=O)CCCCCCCCCCCCCCCCC. The second-order valence-electron chi connectivity index (χ2n) is 20.0. The van der Waals surface area contributed by atoms with E-state index in [-0.39, 0.29) is 18.5 Å². The summed E-state index contributed by atoms with van der Waals surface area (Å²) in [5, 5.41) is 23.2. The Morgan fingerprint density at radius 3 is 1.20 bits per heavy atom. The van der Waals surface area contributed by atoms with Crippen LogP contribution in [0.1, 0.15) is 316 Å². The van der Waals surface area contributed by atoms with Gasteiger partial charge in [-0.2, -0.15) is 0 Å². The number of carbonyl (C=O) groups excluding carboxylic acids is 2. The molecule has 0 saturated carbocycles. The number of nitrogens with one attached hydrogen (secondary N) is 1. The normalized spacial score (nSPS) is 12.7. The number of ether oxygens (including phenoxy) is 1. The maximum absolute atomic E-state index is 12.5. The van der Waals surface area contributed by atoms with Crippen molar-refractivity contribution >= 4 is 11.9 Å². The quantitative estimate of drug-likeness (QED) is 0.0321. The van der Waals surface area contributed by atoms with Crippen LogP contribution in [0.2, 0.25) is 0 Å². The minimum Gasteiger partial charge on any atom is -0.466 e. The summed E-state index contributed by atoms with van der Waals surface area (Å²) in [6.45, 7) is 4.91. The highest BCUT2D eigenvalue weighted by Crippen LogP contribution is 2.17. The van der Waals surface area contributed by atoms with Crippen LogP contribution in [0.25, 0.3) is 0 Å². The number of rotatable bonds is 54. The van der Waals surface area contributed by atoms with Crippen molar-refractivity contribution in [1.29, 1.82) is 0 Å². The van der Waals surface area contributed by atoms with E-state index in [4.69, 9.17) is 4.74 Å². The van der Waals surface area contributed by atoms with Gasteiger partial charge in [-0.05, 0) is 44.9 Å². The molecule has 0 heterocycles. The summed E-state index contributed by atoms with van der Waals surface area (Å²) in [5.74, 6) is -0.126. The molecule has 0 aromatic carbocycles. The molecule has 0 aromatic heterocycles. The summed E-state index contributed by atoms with van der Waals surface area (Å²) in [6, 6.07) is -0.585. The molecule has 0 aliphatic rings. The predicted molar refractivity (Wildman–Crippen MR) is 283 cm³/mol. The highest BCUT2D eigenvalue weighted by atomic mass is 16.5. The largest absolute Gasteiger partial charge is 0.466 e. The molecule has 6 heteroatoms. The summed E-state index contributed by atoms with van der Waals surface area (Å²) in [5.41, 5.74) is 0. The lowest BCUT2D eigenvalue weighted by Crippen LogP contribution is -2.45. The molecule has 0 aromatic rings. The Balaban J connectivity index is 3.52. The van der Waals surface area contributed by atoms with Crippen molar-refractivity contribution in [1.82, 2.24) is 5.32 Å². The van der Waals surface area contributed by atoms with Crippen LogP contribution in [0.4, 0.5) is 0 Å². The van der Waals surface area contributed by atoms with Gasteiger partial charge in [0.05, 0.1) is 25.4 Å². The molecule has 0 fully saturated rings. The van der Waals surface area contributed by atoms with Crippen LogP contribution in [-0.4, -0.2) is 47.4 Å². The minimum atomic E-state index is -0.699. The van der Waals surface area contributed by atoms with Gasteiger partial charge in [0.25, 0.3) is 0 Å². The van der Waals surface area contributed by atoms with Crippen LogP contribution in [0.5, 0.6) is 0 Å². The molecule has 3 N–H and O–H groups in total. The van der Waals surface area contributed by atoms with Crippen LogP contribution < -0.4 is 5.32 Å². The van der Waals surface area contributed by atoms with Crippen molar-refractivity contribution in [3.05, 3.63) is 24.3 Å². The third-order valence-corrected chi connectivity index (χ3v) is 13.5. The maximum atomic E-state index is 12.5. The average molecular weight is 917 g/mol. The van der Waals surface area contributed by atoms with Gasteiger partial charge in [-0.1, -0.05) is 282 Å². The fraction of sp³-hybridized carbons (Fsp3) is 0.898. The van der Waals surface area contributed by atoms with Crippen molar-refractivity contribution in [3.63, 3.8) is 0 Å². The lowest BCUT2D eigenvalue weighted by molar-refractivity contribution is -0.143. The van der Waals surface area contributed by atoms with E-state index in [0.29, 0.717) is 32.3 Å². The van der Waals surface area contributed by atoms with Gasteiger partial charge in [0.15, 0.2) is 0 Å². The molecule has 0 rings (SSSR count). The number of aliphatic hydroxyl groups excluding tert-OH is 2. The topological polar surface area (TPSA) is 95.9 Å². The van der Waals surface area contributed by atoms with E-state index >= 15 is 0 Å². The van der Waals surface area contributed by atoms with Gasteiger partial charge in [0.2, 0.25) is 5.91 Å². The zero-order valence-electron chi connectivity index (χ0n) is 43.7. The van der Waals surface area contributed by atoms with Crippen LogP contribution in [0.15, 0.2) is 24.3 Å². The number of unbranched alkanes of at least 4 members (excludes halogenated alkanes) is 39. The van der Waals surface area contributed by atoms with E-state index in [0.717, 1.165) is 51.4 Å². The third-order valence-electron chi connectivity index (χ3n) is 13.5. The monoisotopic (exact) mass is 916 g/mol. The molecule has 65 heavy (non-hydrogen) atoms. The van der Waals surface area contributed by atoms with Crippen LogP contribution >= 0.6 is 0 Å². The second-order valence-corrected chi connectivity index (χ2v) is 20.0. The van der Waals surface area contributed by atoms with Gasteiger partial charge in [0.1, 0.15) is 0 Å². The lowest BCUT2D eigenvalue weighted by atomic mass is 10.0. The molecule has 1 amide bonds. The van der Waals surface area contributed by atoms with Crippen LogP contribution in [0, 0.1) is 0 Å². The Hall–Kier alpha value is -1.66. The highest BCUT2D eigenvalue weighted by Gasteiger charge is 2.19. The first-order valence-corrected chi connectivity index (χ1v) is 29.1. The standard InChI is InChI=1S/C59H113NO5/c1-3-5-7-9-11-13-15-17-19-20-21-22-23-25-27-31-35-39-43-47-51-57(62)56(55-61)60-58(63)52-48-44-40-36-32-28-26-30-34-38-42-46-50-54-65-59(64)53-49-45-41-37-33-29-24-18-16-14-12-10-8-6-4-2/h28,32,40,44,56-57,61-62H,3-27,29-31,33-39,41-43,45-55H2,1-2H3,(H,60,63)/b32-28-,44-40-. The molecule has 0 saturated heterocycles. The molecule has 0 bridgehead atoms. The van der Waals surface area contributed by atoms with E-state index < -0.39 is 12.1 Å². The Kier molecular flexibility index (Phi) is 53.5. The molecule has 0 radical (unpaired) electrons. The van der Waals surface area contributed by atoms with Crippen LogP contribution in [-0.2, 0) is 14.3 Å². The van der Waals surface area contributed by atoms with Crippen LogP contribution in [0.3, 0.4) is 0 Å². The number of hydrogen-bond acceptors (Lipinski definition) is 5. The van der Waals surface area contributed by atoms with Gasteiger partial charge in [-0.25, -0.2) is 0 Å². The van der Waals surface area contributed by atoms with E-state index in [9.17, 15) is 19.8 Å². The van der Waals surface area contributed by atoms with Crippen molar-refractivity contribution in [3.8, 4) is 0 Å². The summed E-state index contributed by atoms with van der Waals surface area (Å²) < 4.78 is 5.46. The van der Waals surface area contributed by atoms with Crippen molar-refractivity contribution < 1.29 is 24.5 Å². The first-order valence-electron chi connectivity index (χ1n) is 29.1. The fourth-order valence-electron chi connectivity index (χ4n) is 9.04. The van der Waals surface area contributed by atoms with Gasteiger partial charge >= 0.3 is 5.97 Å². The summed E-state index contributed by atoms with van der Waals surface area (Å²) in [7, 11) is 0. The van der Waals surface area contributed by atoms with Crippen molar-refractivity contribution in [2.75, 3.05) is 13.2 Å². The summed E-state index contributed by atoms with van der Waals surface area (Å²) in [6.07, 6.45) is 66.1. The summed E-state index contributed by atoms with van der Waals surface area (Å²) >= 11 is 0. The molecule has 0 aliphatic carbocycles. The average Bonchev–Trinajstić information content (AvgIpc) is 3.31. The zero-order valence-corrected chi connectivity index (χ0v) is 43.7. The second kappa shape index (κ2) is 54.9. The van der Waals surface area contributed by atoms with Gasteiger partial charge in [-0.15, -0.1) is 0 Å². The molecule has 0 spiro atoms. The van der Waals surface area contributed by atoms with Crippen molar-refractivity contribution in [2.45, 2.75) is 328 Å². The number of esters is 1. The molecular weight excluding hydrogens is 803 g/mol. The predicted octanol–water partition coefficient (Wildman–Crippen LogP) is 17.9. The summed E-state index contributed by atoms with van der Waals surface area (Å²) in [4.78, 5) is 24.5. The van der Waals surface area contributed by atoms with E-state index in [2.05, 4.69) is 37.4 Å². The lowest BCUT2D eigenvalue weighted by Gasteiger charge is -2.22. The first-order chi connectivity index (χ1) is 32.0. The van der Waals surface area contributed by atoms with E-state index in [1.807, 2.05) is 6.08 Å². The first kappa shape index (κ1) is 63.3. The number of allylic oxidation sites excluding steroid dienone is 4. The van der Waals surface area contributed by atoms with Gasteiger partial charge in [0, 0.05) is 12.8 Å². The Morgan fingerprint density at radius 2 is 0.785 bits per heavy atom. The molecular formula is C59H113NO5. The number of carbonyl (C=O) groups is 2. The Morgan fingerprint density at radius 1 is 0.431 bits per heavy atom. The highest BCUT2D eigenvalue weighted by molar-refractivity contribution is 5.76. The Bertz CT molecular complexity index is 1010. The smallest absolute Gasteiger partial charge is 0.305 e. The molecule has 0 aliphatic heterocycles. The zero-order chi connectivity index (χ0) is 47.2. The number of hydrogen-bond donors (Lipinski definition) is 3. The number of amides is 1. The van der Waals surface area contributed by atoms with E-state index in [1.54, 1.807) is 0 Å². The molecule has 2 atom stereocenters. The minimum absolute atomic E-state index is 0.0135. The van der Waals surface area contributed by atoms with Crippen molar-refractivity contribution in [2.24, 2.45) is 0 Å². The Labute approximate surface area is 405 Å². The molecule has 6 nitrogen and oxygen atoms in total.